The molecule has 6 nitrogen and oxygen atoms in total. The van der Waals surface area contributed by atoms with Gasteiger partial charge in [0.05, 0.1) is 5.39 Å². The molecule has 0 amide bonds. The minimum Gasteiger partial charge on any atom is -0.453 e. The van der Waals surface area contributed by atoms with Crippen LogP contribution in [0.25, 0.3) is 11.0 Å². The van der Waals surface area contributed by atoms with E-state index in [1.807, 2.05) is 18.2 Å². The maximum atomic E-state index is 12.4. The predicted octanol–water partition coefficient (Wildman–Crippen LogP) is 3.18. The second kappa shape index (κ2) is 6.71. The molecule has 0 aliphatic heterocycles. The molecule has 0 unspecified atom stereocenters. The lowest BCUT2D eigenvalue weighted by atomic mass is 9.90. The summed E-state index contributed by atoms with van der Waals surface area (Å²) in [6.45, 7) is 1.40. The number of nitrogens with zero attached hydrogens (tertiary/aromatic N) is 2. The SMILES string of the molecule is Cc1nc(C(=O)OCC(=O)c2ccc3c(c2)CCCC3)c2cc[nH]c2n1. The van der Waals surface area contributed by atoms with Gasteiger partial charge in [0.25, 0.3) is 0 Å². The fourth-order valence-electron chi connectivity index (χ4n) is 3.40. The lowest BCUT2D eigenvalue weighted by Gasteiger charge is -2.16. The van der Waals surface area contributed by atoms with Crippen molar-refractivity contribution < 1.29 is 14.3 Å². The predicted molar refractivity (Wildman–Crippen MR) is 96.3 cm³/mol. The highest BCUT2D eigenvalue weighted by Gasteiger charge is 2.19. The Balaban J connectivity index is 1.49. The number of esters is 1. The summed E-state index contributed by atoms with van der Waals surface area (Å²) < 4.78 is 5.23. The van der Waals surface area contributed by atoms with Crippen molar-refractivity contribution in [1.82, 2.24) is 15.0 Å². The number of rotatable bonds is 4. The van der Waals surface area contributed by atoms with Gasteiger partial charge in [0.2, 0.25) is 0 Å². The molecule has 6 heteroatoms. The molecule has 0 atom stereocenters. The van der Waals surface area contributed by atoms with Crippen LogP contribution in [0, 0.1) is 6.92 Å². The van der Waals surface area contributed by atoms with E-state index in [0.717, 1.165) is 19.3 Å². The normalized spacial score (nSPS) is 13.4. The number of fused-ring (bicyclic) bond motifs is 2. The molecule has 3 aromatic rings. The summed E-state index contributed by atoms with van der Waals surface area (Å²) >= 11 is 0. The Morgan fingerprint density at radius 3 is 2.77 bits per heavy atom. The Labute approximate surface area is 150 Å². The number of hydrogen-bond acceptors (Lipinski definition) is 5. The number of nitrogens with one attached hydrogen (secondary N) is 1. The van der Waals surface area contributed by atoms with E-state index in [2.05, 4.69) is 15.0 Å². The minimum absolute atomic E-state index is 0.173. The van der Waals surface area contributed by atoms with Gasteiger partial charge in [0, 0.05) is 11.8 Å². The number of hydrogen-bond donors (Lipinski definition) is 1. The fraction of sp³-hybridized carbons (Fsp3) is 0.300. The van der Waals surface area contributed by atoms with Crippen LogP contribution in [0.5, 0.6) is 0 Å². The first-order valence-electron chi connectivity index (χ1n) is 8.75. The Hall–Kier alpha value is -3.02. The second-order valence-electron chi connectivity index (χ2n) is 6.55. The van der Waals surface area contributed by atoms with E-state index < -0.39 is 5.97 Å². The van der Waals surface area contributed by atoms with Crippen molar-refractivity contribution in [3.05, 3.63) is 58.7 Å². The number of benzene rings is 1. The third-order valence-electron chi connectivity index (χ3n) is 4.73. The van der Waals surface area contributed by atoms with Crippen molar-refractivity contribution in [2.45, 2.75) is 32.6 Å². The maximum absolute atomic E-state index is 12.4. The highest BCUT2D eigenvalue weighted by atomic mass is 16.5. The van der Waals surface area contributed by atoms with Gasteiger partial charge in [-0.05, 0) is 55.9 Å². The number of aryl methyl sites for hydroxylation is 3. The number of aromatic nitrogens is 3. The van der Waals surface area contributed by atoms with Crippen molar-refractivity contribution in [1.29, 1.82) is 0 Å². The van der Waals surface area contributed by atoms with Crippen LogP contribution in [0.1, 0.15) is 50.6 Å². The number of ketones is 1. The number of Topliss-reactive ketones (excluding diaryl/α,β-unsaturated/α-hetero) is 1. The minimum atomic E-state index is -0.619. The monoisotopic (exact) mass is 349 g/mol. The Morgan fingerprint density at radius 1 is 1.12 bits per heavy atom. The van der Waals surface area contributed by atoms with Crippen molar-refractivity contribution in [2.75, 3.05) is 6.61 Å². The van der Waals surface area contributed by atoms with Gasteiger partial charge < -0.3 is 9.72 Å². The summed E-state index contributed by atoms with van der Waals surface area (Å²) in [6, 6.07) is 7.49. The van der Waals surface area contributed by atoms with E-state index in [4.69, 9.17) is 4.74 Å². The van der Waals surface area contributed by atoms with E-state index in [1.165, 1.54) is 17.5 Å². The molecule has 0 saturated carbocycles. The molecule has 0 spiro atoms. The number of ether oxygens (including phenoxy) is 1. The molecular formula is C20H19N3O3. The van der Waals surface area contributed by atoms with Crippen LogP contribution in [0.15, 0.2) is 30.5 Å². The zero-order valence-electron chi connectivity index (χ0n) is 14.5. The molecule has 0 fully saturated rings. The molecule has 0 saturated heterocycles. The van der Waals surface area contributed by atoms with Crippen LogP contribution < -0.4 is 0 Å². The topological polar surface area (TPSA) is 84.9 Å². The number of carbonyl (C=O) groups excluding carboxylic acids is 2. The lowest BCUT2D eigenvalue weighted by molar-refractivity contribution is 0.0470. The largest absolute Gasteiger partial charge is 0.453 e. The summed E-state index contributed by atoms with van der Waals surface area (Å²) in [5, 5.41) is 0.585. The molecule has 132 valence electrons. The van der Waals surface area contributed by atoms with Gasteiger partial charge in [-0.3, -0.25) is 4.79 Å². The molecule has 1 N–H and O–H groups in total. The molecule has 0 radical (unpaired) electrons. The summed E-state index contributed by atoms with van der Waals surface area (Å²) in [5.74, 6) is -0.359. The van der Waals surface area contributed by atoms with Crippen LogP contribution in [0.3, 0.4) is 0 Å². The zero-order valence-corrected chi connectivity index (χ0v) is 14.5. The highest BCUT2D eigenvalue weighted by molar-refractivity contribution is 6.03. The standard InChI is InChI=1S/C20H19N3O3/c1-12-22-18(16-8-9-21-19(16)23-12)20(25)26-11-17(24)15-7-6-13-4-2-3-5-14(13)10-15/h6-10H,2-5,11H2,1H3,(H,21,22,23). The smallest absolute Gasteiger partial charge is 0.358 e. The van der Waals surface area contributed by atoms with Gasteiger partial charge in [-0.1, -0.05) is 12.1 Å². The van der Waals surface area contributed by atoms with Gasteiger partial charge in [-0.15, -0.1) is 0 Å². The van der Waals surface area contributed by atoms with Crippen LogP contribution in [0.4, 0.5) is 0 Å². The van der Waals surface area contributed by atoms with E-state index in [1.54, 1.807) is 19.2 Å². The van der Waals surface area contributed by atoms with Crippen molar-refractivity contribution in [2.24, 2.45) is 0 Å². The van der Waals surface area contributed by atoms with Crippen LogP contribution in [0.2, 0.25) is 0 Å². The molecule has 2 heterocycles. The first-order chi connectivity index (χ1) is 12.6. The zero-order chi connectivity index (χ0) is 18.1. The molecular weight excluding hydrogens is 330 g/mol. The summed E-state index contributed by atoms with van der Waals surface area (Å²) in [6.07, 6.45) is 6.11. The van der Waals surface area contributed by atoms with Gasteiger partial charge in [-0.2, -0.15) is 0 Å². The molecule has 1 aromatic carbocycles. The van der Waals surface area contributed by atoms with E-state index in [9.17, 15) is 9.59 Å². The number of H-pyrrole nitrogens is 1. The maximum Gasteiger partial charge on any atom is 0.358 e. The first-order valence-corrected chi connectivity index (χ1v) is 8.75. The Bertz CT molecular complexity index is 1010. The van der Waals surface area contributed by atoms with Crippen LogP contribution in [-0.2, 0) is 17.6 Å². The number of carbonyl (C=O) groups is 2. The average Bonchev–Trinajstić information content (AvgIpc) is 3.13. The summed E-state index contributed by atoms with van der Waals surface area (Å²) in [5.41, 5.74) is 3.88. The Morgan fingerprint density at radius 2 is 1.92 bits per heavy atom. The van der Waals surface area contributed by atoms with Crippen molar-refractivity contribution >= 4 is 22.8 Å². The third kappa shape index (κ3) is 3.10. The molecule has 0 bridgehead atoms. The van der Waals surface area contributed by atoms with Gasteiger partial charge in [0.15, 0.2) is 18.1 Å². The first kappa shape index (κ1) is 16.4. The fourth-order valence-corrected chi connectivity index (χ4v) is 3.40. The third-order valence-corrected chi connectivity index (χ3v) is 4.73. The quantitative estimate of drug-likeness (QED) is 0.577. The molecule has 1 aliphatic carbocycles. The second-order valence-corrected chi connectivity index (χ2v) is 6.55. The van der Waals surface area contributed by atoms with Crippen LogP contribution in [-0.4, -0.2) is 33.3 Å². The van der Waals surface area contributed by atoms with Gasteiger partial charge in [0.1, 0.15) is 11.5 Å². The number of aromatic amines is 1. The highest BCUT2D eigenvalue weighted by Crippen LogP contribution is 2.22. The summed E-state index contributed by atoms with van der Waals surface area (Å²) in [7, 11) is 0. The summed E-state index contributed by atoms with van der Waals surface area (Å²) in [4.78, 5) is 36.2. The molecule has 2 aromatic heterocycles. The van der Waals surface area contributed by atoms with E-state index >= 15 is 0 Å². The van der Waals surface area contributed by atoms with Crippen LogP contribution >= 0.6 is 0 Å². The van der Waals surface area contributed by atoms with E-state index in [0.29, 0.717) is 22.4 Å². The van der Waals surface area contributed by atoms with Gasteiger partial charge in [-0.25, -0.2) is 14.8 Å². The van der Waals surface area contributed by atoms with Crippen molar-refractivity contribution in [3.63, 3.8) is 0 Å². The average molecular weight is 349 g/mol. The van der Waals surface area contributed by atoms with E-state index in [-0.39, 0.29) is 18.1 Å². The Kier molecular flexibility index (Phi) is 4.24. The van der Waals surface area contributed by atoms with Crippen molar-refractivity contribution in [3.8, 4) is 0 Å². The molecule has 4 rings (SSSR count). The van der Waals surface area contributed by atoms with Gasteiger partial charge >= 0.3 is 5.97 Å². The lowest BCUT2D eigenvalue weighted by Crippen LogP contribution is -2.16. The molecule has 1 aliphatic rings. The molecule has 26 heavy (non-hydrogen) atoms.